The van der Waals surface area contributed by atoms with Crippen LogP contribution in [0, 0.1) is 5.92 Å². The highest BCUT2D eigenvalue weighted by molar-refractivity contribution is 5.69. The second-order valence-corrected chi connectivity index (χ2v) is 8.30. The third-order valence-corrected chi connectivity index (χ3v) is 4.07. The van der Waals surface area contributed by atoms with Crippen LogP contribution in [0.5, 0.6) is 0 Å². The summed E-state index contributed by atoms with van der Waals surface area (Å²) in [6, 6.07) is 0.102. The minimum atomic E-state index is -0.588. The Balaban J connectivity index is 2.33. The van der Waals surface area contributed by atoms with Crippen molar-refractivity contribution in [3.8, 4) is 0 Å². The van der Waals surface area contributed by atoms with Crippen LogP contribution in [0.25, 0.3) is 0 Å². The van der Waals surface area contributed by atoms with Gasteiger partial charge in [-0.1, -0.05) is 0 Å². The van der Waals surface area contributed by atoms with Gasteiger partial charge < -0.3 is 24.4 Å². The SMILES string of the molecule is CC(C)N(C(=O)OC=CCC(O)C1CN(C(=O)OC(C)(C)C)C1)C(C)C. The molecule has 1 atom stereocenters. The van der Waals surface area contributed by atoms with E-state index in [2.05, 4.69) is 0 Å². The summed E-state index contributed by atoms with van der Waals surface area (Å²) >= 11 is 0. The van der Waals surface area contributed by atoms with Crippen LogP contribution in [-0.2, 0) is 9.47 Å². The largest absolute Gasteiger partial charge is 0.444 e. The van der Waals surface area contributed by atoms with Crippen molar-refractivity contribution < 1.29 is 24.2 Å². The van der Waals surface area contributed by atoms with E-state index in [0.29, 0.717) is 19.5 Å². The first-order chi connectivity index (χ1) is 11.9. The standard InChI is InChI=1S/C19H34N2O5/c1-13(2)21(14(3)4)18(24)25-10-8-9-16(22)15-11-20(12-15)17(23)26-19(5,6)7/h8,10,13-16,22H,9,11-12H2,1-7H3. The maximum Gasteiger partial charge on any atom is 0.415 e. The first-order valence-electron chi connectivity index (χ1n) is 9.22. The van der Waals surface area contributed by atoms with Gasteiger partial charge in [-0.05, 0) is 61.0 Å². The van der Waals surface area contributed by atoms with Gasteiger partial charge in [0.15, 0.2) is 0 Å². The molecule has 1 aliphatic heterocycles. The lowest BCUT2D eigenvalue weighted by Crippen LogP contribution is -2.55. The van der Waals surface area contributed by atoms with Crippen LogP contribution in [0.15, 0.2) is 12.3 Å². The Kier molecular flexibility index (Phi) is 7.93. The van der Waals surface area contributed by atoms with Crippen molar-refractivity contribution in [3.63, 3.8) is 0 Å². The summed E-state index contributed by atoms with van der Waals surface area (Å²) in [7, 11) is 0. The molecular formula is C19H34N2O5. The smallest absolute Gasteiger partial charge is 0.415 e. The first-order valence-corrected chi connectivity index (χ1v) is 9.22. The van der Waals surface area contributed by atoms with E-state index in [1.165, 1.54) is 6.26 Å². The van der Waals surface area contributed by atoms with Gasteiger partial charge in [-0.15, -0.1) is 0 Å². The Morgan fingerprint density at radius 1 is 1.19 bits per heavy atom. The van der Waals surface area contributed by atoms with Gasteiger partial charge in [0, 0.05) is 31.1 Å². The van der Waals surface area contributed by atoms with Gasteiger partial charge >= 0.3 is 12.2 Å². The zero-order valence-corrected chi connectivity index (χ0v) is 17.1. The number of ether oxygens (including phenoxy) is 2. The highest BCUT2D eigenvalue weighted by Gasteiger charge is 2.37. The number of rotatable bonds is 6. The number of likely N-dealkylation sites (tertiary alicyclic amines) is 1. The van der Waals surface area contributed by atoms with Crippen molar-refractivity contribution in [1.82, 2.24) is 9.80 Å². The fraction of sp³-hybridized carbons (Fsp3) is 0.789. The molecule has 0 aliphatic carbocycles. The van der Waals surface area contributed by atoms with Crippen molar-refractivity contribution >= 4 is 12.2 Å². The molecule has 0 aromatic carbocycles. The maximum absolute atomic E-state index is 12.0. The molecule has 26 heavy (non-hydrogen) atoms. The summed E-state index contributed by atoms with van der Waals surface area (Å²) in [6.45, 7) is 14.1. The van der Waals surface area contributed by atoms with Gasteiger partial charge in [-0.25, -0.2) is 9.59 Å². The number of amides is 2. The minimum absolute atomic E-state index is 0.00527. The molecule has 1 saturated heterocycles. The predicted octanol–water partition coefficient (Wildman–Crippen LogP) is 3.37. The summed E-state index contributed by atoms with van der Waals surface area (Å²) < 4.78 is 10.4. The number of carbonyl (C=O) groups is 2. The summed E-state index contributed by atoms with van der Waals surface area (Å²) in [4.78, 5) is 27.1. The molecule has 150 valence electrons. The number of carbonyl (C=O) groups excluding carboxylic acids is 2. The van der Waals surface area contributed by atoms with Gasteiger partial charge in [0.2, 0.25) is 0 Å². The van der Waals surface area contributed by atoms with Gasteiger partial charge in [-0.3, -0.25) is 0 Å². The molecule has 0 saturated carbocycles. The minimum Gasteiger partial charge on any atom is -0.444 e. The first kappa shape index (κ1) is 22.3. The molecular weight excluding hydrogens is 336 g/mol. The Bertz CT molecular complexity index is 497. The van der Waals surface area contributed by atoms with E-state index in [1.807, 2.05) is 48.5 Å². The fourth-order valence-electron chi connectivity index (χ4n) is 2.80. The number of hydrogen-bond donors (Lipinski definition) is 1. The van der Waals surface area contributed by atoms with E-state index < -0.39 is 17.8 Å². The summed E-state index contributed by atoms with van der Waals surface area (Å²) in [5.41, 5.74) is -0.521. The van der Waals surface area contributed by atoms with Gasteiger partial charge in [0.25, 0.3) is 0 Å². The van der Waals surface area contributed by atoms with E-state index in [1.54, 1.807) is 15.9 Å². The molecule has 1 fully saturated rings. The lowest BCUT2D eigenvalue weighted by molar-refractivity contribution is -0.0297. The van der Waals surface area contributed by atoms with Crippen molar-refractivity contribution in [1.29, 1.82) is 0 Å². The third-order valence-electron chi connectivity index (χ3n) is 4.07. The molecule has 0 spiro atoms. The molecule has 1 unspecified atom stereocenters. The predicted molar refractivity (Wildman–Crippen MR) is 99.7 cm³/mol. The number of nitrogens with zero attached hydrogens (tertiary/aromatic N) is 2. The second-order valence-electron chi connectivity index (χ2n) is 8.30. The Hall–Kier alpha value is -1.76. The molecule has 0 aromatic rings. The molecule has 1 aliphatic rings. The molecule has 0 bridgehead atoms. The molecule has 0 radical (unpaired) electrons. The molecule has 1 rings (SSSR count). The summed E-state index contributed by atoms with van der Waals surface area (Å²) in [6.07, 6.45) is 1.98. The average Bonchev–Trinajstić information content (AvgIpc) is 2.38. The van der Waals surface area contributed by atoms with E-state index >= 15 is 0 Å². The van der Waals surface area contributed by atoms with Crippen LogP contribution in [0.3, 0.4) is 0 Å². The normalized spacial score (nSPS) is 16.8. The van der Waals surface area contributed by atoms with E-state index in [9.17, 15) is 14.7 Å². The van der Waals surface area contributed by atoms with Crippen molar-refractivity contribution in [2.75, 3.05) is 13.1 Å². The third kappa shape index (κ3) is 6.86. The zero-order valence-electron chi connectivity index (χ0n) is 17.1. The fourth-order valence-corrected chi connectivity index (χ4v) is 2.80. The van der Waals surface area contributed by atoms with Gasteiger partial charge in [-0.2, -0.15) is 0 Å². The topological polar surface area (TPSA) is 79.3 Å². The highest BCUT2D eigenvalue weighted by Crippen LogP contribution is 2.23. The van der Waals surface area contributed by atoms with Crippen LogP contribution < -0.4 is 0 Å². The van der Waals surface area contributed by atoms with Crippen LogP contribution in [0.4, 0.5) is 9.59 Å². The lowest BCUT2D eigenvalue weighted by atomic mass is 9.92. The number of aliphatic hydroxyl groups is 1. The molecule has 1 heterocycles. The number of aliphatic hydroxyl groups excluding tert-OH is 1. The molecule has 7 nitrogen and oxygen atoms in total. The Morgan fingerprint density at radius 3 is 2.19 bits per heavy atom. The second kappa shape index (κ2) is 9.26. The molecule has 2 amide bonds. The van der Waals surface area contributed by atoms with Crippen molar-refractivity contribution in [2.45, 2.75) is 78.7 Å². The average molecular weight is 370 g/mol. The monoisotopic (exact) mass is 370 g/mol. The van der Waals surface area contributed by atoms with Crippen molar-refractivity contribution in [3.05, 3.63) is 12.3 Å². The van der Waals surface area contributed by atoms with Crippen LogP contribution in [0.2, 0.25) is 0 Å². The lowest BCUT2D eigenvalue weighted by Gasteiger charge is -2.41. The molecule has 7 heteroatoms. The highest BCUT2D eigenvalue weighted by atomic mass is 16.6. The summed E-state index contributed by atoms with van der Waals surface area (Å²) in [5.74, 6) is 0.00527. The van der Waals surface area contributed by atoms with Gasteiger partial charge in [0.1, 0.15) is 5.60 Å². The summed E-state index contributed by atoms with van der Waals surface area (Å²) in [5, 5.41) is 10.2. The van der Waals surface area contributed by atoms with Crippen molar-refractivity contribution in [2.24, 2.45) is 5.92 Å². The quantitative estimate of drug-likeness (QED) is 0.725. The van der Waals surface area contributed by atoms with Crippen LogP contribution >= 0.6 is 0 Å². The Labute approximate surface area is 156 Å². The molecule has 0 aromatic heterocycles. The van der Waals surface area contributed by atoms with E-state index in [4.69, 9.17) is 9.47 Å². The molecule has 1 N–H and O–H groups in total. The van der Waals surface area contributed by atoms with Crippen LogP contribution in [0.1, 0.15) is 54.9 Å². The Morgan fingerprint density at radius 2 is 1.73 bits per heavy atom. The maximum atomic E-state index is 12.0. The van der Waals surface area contributed by atoms with E-state index in [0.717, 1.165) is 0 Å². The van der Waals surface area contributed by atoms with Gasteiger partial charge in [0.05, 0.1) is 12.4 Å². The zero-order chi connectivity index (χ0) is 20.1. The van der Waals surface area contributed by atoms with E-state index in [-0.39, 0.29) is 24.1 Å². The number of hydrogen-bond acceptors (Lipinski definition) is 5. The van der Waals surface area contributed by atoms with Crippen LogP contribution in [-0.4, -0.2) is 64.0 Å².